The number of phenolic OH excluding ortho intramolecular Hbond substituents is 1. The van der Waals surface area contributed by atoms with Gasteiger partial charge in [0.15, 0.2) is 5.78 Å². The van der Waals surface area contributed by atoms with Crippen LogP contribution >= 0.6 is 24.0 Å². The lowest BCUT2D eigenvalue weighted by Crippen LogP contribution is -2.29. The Morgan fingerprint density at radius 2 is 2.13 bits per heavy atom. The lowest BCUT2D eigenvalue weighted by atomic mass is 9.94. The highest BCUT2D eigenvalue weighted by Crippen LogP contribution is 2.36. The zero-order valence-electron chi connectivity index (χ0n) is 17.1. The third-order valence-electron chi connectivity index (χ3n) is 5.05. The standard InChI is InChI=1S/C20H26N4O4S2/c1-11-16(27-2)8-15(26)12-9-30-10-13(19-23-20(21)24-28-19)22-17(29)7-5-3-4-6-14(25)18(11)12/h8,13,26H,3-7,9-10H2,1-2H3,(H2,21,24)(H,22,29)/t13-/m0/s1. The molecule has 0 amide bonds. The van der Waals surface area contributed by atoms with Crippen LogP contribution in [-0.4, -0.2) is 38.9 Å². The summed E-state index contributed by atoms with van der Waals surface area (Å²) in [5, 5.41) is 17.6. The molecule has 3 rings (SSSR count). The van der Waals surface area contributed by atoms with Crippen molar-refractivity contribution in [1.82, 2.24) is 15.5 Å². The Kier molecular flexibility index (Phi) is 7.54. The van der Waals surface area contributed by atoms with Crippen LogP contribution in [0.25, 0.3) is 0 Å². The highest BCUT2D eigenvalue weighted by atomic mass is 32.2. The Hall–Kier alpha value is -2.33. The van der Waals surface area contributed by atoms with Crippen LogP contribution in [-0.2, 0) is 5.75 Å². The zero-order valence-corrected chi connectivity index (χ0v) is 18.7. The van der Waals surface area contributed by atoms with Gasteiger partial charge in [0.2, 0.25) is 0 Å². The lowest BCUT2D eigenvalue weighted by molar-refractivity contribution is 0.0977. The van der Waals surface area contributed by atoms with Crippen LogP contribution in [0.4, 0.5) is 5.95 Å². The average Bonchev–Trinajstić information content (AvgIpc) is 3.14. The molecule has 0 radical (unpaired) electrons. The van der Waals surface area contributed by atoms with Gasteiger partial charge in [-0.15, -0.1) is 0 Å². The Morgan fingerprint density at radius 3 is 2.83 bits per heavy atom. The Balaban J connectivity index is 1.91. The predicted molar refractivity (Wildman–Crippen MR) is 120 cm³/mol. The summed E-state index contributed by atoms with van der Waals surface area (Å²) < 4.78 is 10.6. The maximum absolute atomic E-state index is 13.0. The van der Waals surface area contributed by atoms with E-state index < -0.39 is 0 Å². The maximum Gasteiger partial charge on any atom is 0.260 e. The average molecular weight is 451 g/mol. The van der Waals surface area contributed by atoms with E-state index in [1.165, 1.54) is 18.9 Å². The van der Waals surface area contributed by atoms with Gasteiger partial charge in [0, 0.05) is 40.7 Å². The van der Waals surface area contributed by atoms with Crippen molar-refractivity contribution >= 4 is 40.7 Å². The van der Waals surface area contributed by atoms with Crippen molar-refractivity contribution in [1.29, 1.82) is 0 Å². The summed E-state index contributed by atoms with van der Waals surface area (Å²) >= 11 is 7.00. The molecule has 0 aliphatic carbocycles. The molecule has 1 atom stereocenters. The largest absolute Gasteiger partial charge is 0.507 e. The van der Waals surface area contributed by atoms with Crippen molar-refractivity contribution in [2.75, 3.05) is 18.6 Å². The minimum Gasteiger partial charge on any atom is -0.507 e. The number of anilines is 1. The van der Waals surface area contributed by atoms with E-state index in [2.05, 4.69) is 15.5 Å². The molecule has 162 valence electrons. The van der Waals surface area contributed by atoms with Crippen molar-refractivity contribution in [3.05, 3.63) is 28.6 Å². The van der Waals surface area contributed by atoms with Crippen LogP contribution in [0, 0.1) is 6.92 Å². The molecule has 2 aromatic rings. The minimum absolute atomic E-state index is 0.0243. The van der Waals surface area contributed by atoms with Gasteiger partial charge in [0.1, 0.15) is 17.5 Å². The summed E-state index contributed by atoms with van der Waals surface area (Å²) in [7, 11) is 1.53. The molecule has 0 unspecified atom stereocenters. The molecule has 0 bridgehead atoms. The number of ether oxygens (including phenoxy) is 1. The number of ketones is 1. The van der Waals surface area contributed by atoms with Gasteiger partial charge in [-0.25, -0.2) is 0 Å². The van der Waals surface area contributed by atoms with Crippen molar-refractivity contribution in [2.24, 2.45) is 0 Å². The molecule has 10 heteroatoms. The van der Waals surface area contributed by atoms with Crippen molar-refractivity contribution in [2.45, 2.75) is 50.8 Å². The second-order valence-electron chi connectivity index (χ2n) is 7.19. The number of nitrogen functional groups attached to an aromatic ring is 1. The van der Waals surface area contributed by atoms with E-state index >= 15 is 0 Å². The normalized spacial score (nSPS) is 18.9. The van der Waals surface area contributed by atoms with Crippen LogP contribution in [0.1, 0.15) is 65.5 Å². The summed E-state index contributed by atoms with van der Waals surface area (Å²) in [4.78, 5) is 17.8. The minimum atomic E-state index is -0.309. The quantitative estimate of drug-likeness (QED) is 0.583. The number of nitrogens with one attached hydrogen (secondary N) is 1. The molecule has 2 heterocycles. The summed E-state index contributed by atoms with van der Waals surface area (Å²) in [5.74, 6) is 2.00. The number of aromatic nitrogens is 2. The van der Waals surface area contributed by atoms with Gasteiger partial charge in [-0.05, 0) is 31.3 Å². The van der Waals surface area contributed by atoms with Gasteiger partial charge in [0.25, 0.3) is 11.8 Å². The van der Waals surface area contributed by atoms with E-state index in [9.17, 15) is 9.90 Å². The first-order valence-electron chi connectivity index (χ1n) is 9.79. The second-order valence-corrected chi connectivity index (χ2v) is 8.71. The first-order valence-corrected chi connectivity index (χ1v) is 11.4. The number of carbonyl (C=O) groups excluding carboxylic acids is 1. The highest BCUT2D eigenvalue weighted by molar-refractivity contribution is 7.98. The number of fused-ring (bicyclic) bond motifs is 1. The summed E-state index contributed by atoms with van der Waals surface area (Å²) in [6, 6.07) is 1.25. The highest BCUT2D eigenvalue weighted by Gasteiger charge is 2.24. The maximum atomic E-state index is 13.0. The molecule has 0 saturated carbocycles. The van der Waals surface area contributed by atoms with Gasteiger partial charge in [-0.3, -0.25) is 4.79 Å². The van der Waals surface area contributed by atoms with Gasteiger partial charge >= 0.3 is 0 Å². The topological polar surface area (TPSA) is 124 Å². The fourth-order valence-electron chi connectivity index (χ4n) is 3.51. The van der Waals surface area contributed by atoms with E-state index in [1.54, 1.807) is 6.07 Å². The Morgan fingerprint density at radius 1 is 1.37 bits per heavy atom. The number of thiocarbonyl (C=S) groups is 1. The van der Waals surface area contributed by atoms with E-state index in [4.69, 9.17) is 27.2 Å². The second kappa shape index (κ2) is 10.1. The monoisotopic (exact) mass is 450 g/mol. The summed E-state index contributed by atoms with van der Waals surface area (Å²) in [6.45, 7) is 1.85. The molecule has 0 saturated heterocycles. The Labute approximate surface area is 184 Å². The van der Waals surface area contributed by atoms with Gasteiger partial charge in [-0.1, -0.05) is 18.6 Å². The number of carbonyl (C=O) groups is 1. The number of benzene rings is 1. The van der Waals surface area contributed by atoms with Crippen LogP contribution in [0.3, 0.4) is 0 Å². The smallest absolute Gasteiger partial charge is 0.260 e. The van der Waals surface area contributed by atoms with Crippen molar-refractivity contribution < 1.29 is 19.2 Å². The molecular weight excluding hydrogens is 424 g/mol. The summed E-state index contributed by atoms with van der Waals surface area (Å²) in [6.07, 6.45) is 3.66. The number of hydrogen-bond donors (Lipinski definition) is 3. The number of rotatable bonds is 2. The number of nitrogens with two attached hydrogens (primary N) is 1. The third-order valence-corrected chi connectivity index (χ3v) is 6.44. The number of thioether (sulfide) groups is 1. The van der Waals surface area contributed by atoms with E-state index in [-0.39, 0.29) is 23.5 Å². The molecule has 0 spiro atoms. The lowest BCUT2D eigenvalue weighted by Gasteiger charge is -2.20. The molecule has 8 nitrogen and oxygen atoms in total. The Bertz CT molecular complexity index is 932. The number of aromatic hydroxyl groups is 1. The van der Waals surface area contributed by atoms with Gasteiger partial charge in [-0.2, -0.15) is 16.7 Å². The SMILES string of the molecule is COc1cc(O)c2c(c1C)C(=O)CCCCCC(=S)N[C@H](c1nc(N)no1)CSC2. The fourth-order valence-corrected chi connectivity index (χ4v) is 4.88. The number of Topliss-reactive ketones (excluding diaryl/α,β-unsaturated/α-hetero) is 1. The molecule has 1 aliphatic heterocycles. The molecular formula is C20H26N4O4S2. The predicted octanol–water partition coefficient (Wildman–Crippen LogP) is 3.71. The molecule has 1 aromatic heterocycles. The number of nitrogens with zero attached hydrogens (tertiary/aromatic N) is 2. The molecule has 4 N–H and O–H groups in total. The van der Waals surface area contributed by atoms with Crippen LogP contribution < -0.4 is 15.8 Å². The first-order chi connectivity index (χ1) is 14.4. The molecule has 30 heavy (non-hydrogen) atoms. The van der Waals surface area contributed by atoms with Crippen molar-refractivity contribution in [3.8, 4) is 11.5 Å². The third kappa shape index (κ3) is 5.23. The number of hydrogen-bond acceptors (Lipinski definition) is 9. The van der Waals surface area contributed by atoms with Gasteiger partial charge in [0.05, 0.1) is 12.1 Å². The van der Waals surface area contributed by atoms with Gasteiger partial charge < -0.3 is 25.4 Å². The fraction of sp³-hybridized carbons (Fsp3) is 0.500. The van der Waals surface area contributed by atoms with E-state index in [1.807, 2.05) is 6.92 Å². The molecule has 0 fully saturated rings. The van der Waals surface area contributed by atoms with E-state index in [0.717, 1.165) is 31.2 Å². The van der Waals surface area contributed by atoms with E-state index in [0.29, 0.717) is 45.7 Å². The molecule has 1 aromatic carbocycles. The zero-order chi connectivity index (χ0) is 21.7. The first kappa shape index (κ1) is 22.4. The molecule has 1 aliphatic rings. The van der Waals surface area contributed by atoms with Crippen molar-refractivity contribution in [3.63, 3.8) is 0 Å². The van der Waals surface area contributed by atoms with Crippen LogP contribution in [0.2, 0.25) is 0 Å². The van der Waals surface area contributed by atoms with Crippen LogP contribution in [0.5, 0.6) is 11.5 Å². The summed E-state index contributed by atoms with van der Waals surface area (Å²) in [5.41, 5.74) is 7.53. The van der Waals surface area contributed by atoms with Crippen LogP contribution in [0.15, 0.2) is 10.6 Å². The number of methoxy groups -OCH3 is 1. The number of phenols is 1.